The van der Waals surface area contributed by atoms with Gasteiger partial charge in [0.05, 0.1) is 0 Å². The molecule has 2 fully saturated rings. The van der Waals surface area contributed by atoms with Gasteiger partial charge in [-0.3, -0.25) is 4.90 Å². The summed E-state index contributed by atoms with van der Waals surface area (Å²) in [6.07, 6.45) is 3.20. The van der Waals surface area contributed by atoms with Crippen LogP contribution in [0, 0.1) is 17.6 Å². The van der Waals surface area contributed by atoms with Crippen molar-refractivity contribution in [2.45, 2.75) is 25.3 Å². The molecule has 21 heavy (non-hydrogen) atoms. The quantitative estimate of drug-likeness (QED) is 0.899. The molecule has 1 aromatic rings. The van der Waals surface area contributed by atoms with Crippen LogP contribution in [0.2, 0.25) is 5.02 Å². The first-order valence-corrected chi connectivity index (χ1v) is 7.62. The van der Waals surface area contributed by atoms with Crippen LogP contribution in [-0.2, 0) is 0 Å². The lowest BCUT2D eigenvalue weighted by atomic mass is 9.97. The summed E-state index contributed by atoms with van der Waals surface area (Å²) < 4.78 is 28.4. The molecule has 1 saturated carbocycles. The molecule has 2 nitrogen and oxygen atoms in total. The Morgan fingerprint density at radius 2 is 1.76 bits per heavy atom. The molecule has 6 heteroatoms. The minimum atomic E-state index is -0.515. The van der Waals surface area contributed by atoms with Crippen molar-refractivity contribution < 1.29 is 8.78 Å². The Labute approximate surface area is 135 Å². The van der Waals surface area contributed by atoms with Crippen LogP contribution in [0.5, 0.6) is 0 Å². The van der Waals surface area contributed by atoms with Gasteiger partial charge < -0.3 is 5.32 Å². The van der Waals surface area contributed by atoms with Crippen LogP contribution in [-0.4, -0.2) is 31.1 Å². The number of halogens is 4. The van der Waals surface area contributed by atoms with Crippen LogP contribution >= 0.6 is 24.0 Å². The van der Waals surface area contributed by atoms with E-state index >= 15 is 0 Å². The minimum absolute atomic E-state index is 0. The lowest BCUT2D eigenvalue weighted by molar-refractivity contribution is 0.154. The van der Waals surface area contributed by atoms with Crippen LogP contribution in [0.25, 0.3) is 0 Å². The number of rotatable bonds is 4. The fourth-order valence-corrected chi connectivity index (χ4v) is 3.18. The molecule has 2 aliphatic rings. The Kier molecular flexibility index (Phi) is 5.83. The summed E-state index contributed by atoms with van der Waals surface area (Å²) in [5.74, 6) is -0.414. The normalized spacial score (nSPS) is 20.9. The first kappa shape index (κ1) is 16.9. The first-order valence-electron chi connectivity index (χ1n) is 7.24. The van der Waals surface area contributed by atoms with Crippen molar-refractivity contribution in [2.75, 3.05) is 26.2 Å². The summed E-state index contributed by atoms with van der Waals surface area (Å²) >= 11 is 5.73. The summed E-state index contributed by atoms with van der Waals surface area (Å²) in [5.41, 5.74) is 0.197. The van der Waals surface area contributed by atoms with Crippen molar-refractivity contribution in [3.63, 3.8) is 0 Å². The third-order valence-electron chi connectivity index (χ3n) is 4.22. The van der Waals surface area contributed by atoms with Gasteiger partial charge in [0.15, 0.2) is 0 Å². The van der Waals surface area contributed by atoms with E-state index in [0.717, 1.165) is 32.6 Å². The summed E-state index contributed by atoms with van der Waals surface area (Å²) in [7, 11) is 0. The van der Waals surface area contributed by atoms with Crippen LogP contribution in [0.15, 0.2) is 12.1 Å². The molecule has 3 rings (SSSR count). The Morgan fingerprint density at radius 3 is 2.29 bits per heavy atom. The molecule has 1 aliphatic carbocycles. The molecule has 1 aliphatic heterocycles. The number of nitrogens with zero attached hydrogens (tertiary/aromatic N) is 1. The standard InChI is InChI=1S/C15H19ClF2N2.ClH/c16-11-8-12(17)15(13(18)9-11)14(7-10-1-2-10)20-5-3-19-4-6-20;/h8-10,14,19H,1-7H2;1H/t14-;/m1./s1. The number of piperazine rings is 1. The predicted molar refractivity (Wildman–Crippen MR) is 83.1 cm³/mol. The SMILES string of the molecule is Cl.Fc1cc(Cl)cc(F)c1[C@@H](CC1CC1)N1CCNCC1. The van der Waals surface area contributed by atoms with E-state index in [4.69, 9.17) is 11.6 Å². The molecular formula is C15H20Cl2F2N2. The van der Waals surface area contributed by atoms with Gasteiger partial charge in [0.1, 0.15) is 11.6 Å². The lowest BCUT2D eigenvalue weighted by Crippen LogP contribution is -2.45. The van der Waals surface area contributed by atoms with Gasteiger partial charge in [-0.05, 0) is 24.5 Å². The minimum Gasteiger partial charge on any atom is -0.314 e. The van der Waals surface area contributed by atoms with Crippen molar-refractivity contribution in [1.82, 2.24) is 10.2 Å². The molecule has 1 N–H and O–H groups in total. The molecule has 0 spiro atoms. The molecular weight excluding hydrogens is 317 g/mol. The largest absolute Gasteiger partial charge is 0.314 e. The van der Waals surface area contributed by atoms with Gasteiger partial charge in [0, 0.05) is 42.8 Å². The van der Waals surface area contributed by atoms with Gasteiger partial charge in [-0.2, -0.15) is 0 Å². The van der Waals surface area contributed by atoms with Gasteiger partial charge in [0.2, 0.25) is 0 Å². The Balaban J connectivity index is 0.00000161. The van der Waals surface area contributed by atoms with E-state index in [1.54, 1.807) is 0 Å². The first-order chi connectivity index (χ1) is 9.65. The Bertz CT molecular complexity index is 466. The van der Waals surface area contributed by atoms with Crippen molar-refractivity contribution >= 4 is 24.0 Å². The molecule has 1 saturated heterocycles. The van der Waals surface area contributed by atoms with E-state index in [1.807, 2.05) is 0 Å². The highest BCUT2D eigenvalue weighted by molar-refractivity contribution is 6.30. The Hall–Kier alpha value is -0.420. The topological polar surface area (TPSA) is 15.3 Å². The number of hydrogen-bond acceptors (Lipinski definition) is 2. The fourth-order valence-electron chi connectivity index (χ4n) is 2.98. The number of benzene rings is 1. The van der Waals surface area contributed by atoms with Gasteiger partial charge in [0.25, 0.3) is 0 Å². The maximum atomic E-state index is 14.2. The van der Waals surface area contributed by atoms with E-state index in [0.29, 0.717) is 5.92 Å². The smallest absolute Gasteiger partial charge is 0.132 e. The van der Waals surface area contributed by atoms with Gasteiger partial charge in [-0.15, -0.1) is 12.4 Å². The van der Waals surface area contributed by atoms with Crippen molar-refractivity contribution in [3.05, 3.63) is 34.4 Å². The van der Waals surface area contributed by atoms with E-state index in [9.17, 15) is 8.78 Å². The molecule has 1 heterocycles. The van der Waals surface area contributed by atoms with Gasteiger partial charge >= 0.3 is 0 Å². The summed E-state index contributed by atoms with van der Waals surface area (Å²) in [4.78, 5) is 2.20. The average molecular weight is 337 g/mol. The zero-order valence-corrected chi connectivity index (χ0v) is 13.3. The maximum absolute atomic E-state index is 14.2. The molecule has 0 unspecified atom stereocenters. The Morgan fingerprint density at radius 1 is 1.19 bits per heavy atom. The molecule has 1 aromatic carbocycles. The van der Waals surface area contributed by atoms with Crippen molar-refractivity contribution in [2.24, 2.45) is 5.92 Å². The molecule has 0 bridgehead atoms. The highest BCUT2D eigenvalue weighted by Crippen LogP contribution is 2.41. The van der Waals surface area contributed by atoms with Crippen LogP contribution in [0.4, 0.5) is 8.78 Å². The molecule has 0 radical (unpaired) electrons. The third-order valence-corrected chi connectivity index (χ3v) is 4.44. The molecule has 0 amide bonds. The van der Waals surface area contributed by atoms with E-state index in [2.05, 4.69) is 10.2 Å². The highest BCUT2D eigenvalue weighted by atomic mass is 35.5. The number of hydrogen-bond donors (Lipinski definition) is 1. The molecule has 118 valence electrons. The second-order valence-electron chi connectivity index (χ2n) is 5.76. The van der Waals surface area contributed by atoms with Crippen molar-refractivity contribution in [1.29, 1.82) is 0 Å². The van der Waals surface area contributed by atoms with Crippen molar-refractivity contribution in [3.8, 4) is 0 Å². The van der Waals surface area contributed by atoms with Crippen LogP contribution in [0.1, 0.15) is 30.9 Å². The molecule has 0 aromatic heterocycles. The second kappa shape index (κ2) is 7.23. The lowest BCUT2D eigenvalue weighted by Gasteiger charge is -2.35. The van der Waals surface area contributed by atoms with Crippen LogP contribution in [0.3, 0.4) is 0 Å². The van der Waals surface area contributed by atoms with E-state index in [1.165, 1.54) is 25.0 Å². The fraction of sp³-hybridized carbons (Fsp3) is 0.600. The summed E-state index contributed by atoms with van der Waals surface area (Å²) in [6.45, 7) is 3.41. The van der Waals surface area contributed by atoms with Crippen LogP contribution < -0.4 is 5.32 Å². The summed E-state index contributed by atoms with van der Waals surface area (Å²) in [5, 5.41) is 3.40. The second-order valence-corrected chi connectivity index (χ2v) is 6.20. The monoisotopic (exact) mass is 336 g/mol. The van der Waals surface area contributed by atoms with Gasteiger partial charge in [-0.1, -0.05) is 24.4 Å². The zero-order valence-electron chi connectivity index (χ0n) is 11.7. The third kappa shape index (κ3) is 4.07. The van der Waals surface area contributed by atoms with E-state index < -0.39 is 11.6 Å². The molecule has 1 atom stereocenters. The summed E-state index contributed by atoms with van der Waals surface area (Å²) in [6, 6.07) is 2.28. The average Bonchev–Trinajstić information content (AvgIpc) is 3.21. The number of nitrogens with one attached hydrogen (secondary N) is 1. The van der Waals surface area contributed by atoms with Gasteiger partial charge in [-0.25, -0.2) is 8.78 Å². The van der Waals surface area contributed by atoms with E-state index in [-0.39, 0.29) is 29.0 Å². The highest BCUT2D eigenvalue weighted by Gasteiger charge is 2.33. The zero-order chi connectivity index (χ0) is 14.1. The predicted octanol–water partition coefficient (Wildman–Crippen LogP) is 3.79. The maximum Gasteiger partial charge on any atom is 0.132 e.